The number of methoxy groups -OCH3 is 1. The van der Waals surface area contributed by atoms with Gasteiger partial charge in [0.1, 0.15) is 11.5 Å². The molecule has 1 atom stereocenters. The summed E-state index contributed by atoms with van der Waals surface area (Å²) in [5, 5.41) is 11.6. The smallest absolute Gasteiger partial charge is 0.212 e. The number of halogens is 2. The fraction of sp³-hybridized carbons (Fsp3) is 0.300. The second-order valence-electron chi connectivity index (χ2n) is 7.44. The first kappa shape index (κ1) is 21.4. The van der Waals surface area contributed by atoms with Crippen LogP contribution in [0.4, 0.5) is 14.6 Å². The van der Waals surface area contributed by atoms with Gasteiger partial charge in [-0.15, -0.1) is 10.6 Å². The summed E-state index contributed by atoms with van der Waals surface area (Å²) in [6.45, 7) is 4.09. The summed E-state index contributed by atoms with van der Waals surface area (Å²) >= 11 is 0. The normalized spacial score (nSPS) is 14.0. The van der Waals surface area contributed by atoms with E-state index in [1.807, 2.05) is 13.8 Å². The van der Waals surface area contributed by atoms with Crippen LogP contribution in [0, 0.1) is 17.6 Å². The van der Waals surface area contributed by atoms with Crippen molar-refractivity contribution >= 4 is 11.7 Å². The number of hydrogen-bond acceptors (Lipinski definition) is 9. The Morgan fingerprint density at radius 3 is 2.69 bits per heavy atom. The minimum absolute atomic E-state index is 0.00715. The van der Waals surface area contributed by atoms with Gasteiger partial charge in [-0.3, -0.25) is 5.43 Å². The molecule has 1 unspecified atom stereocenters. The number of amidine groups is 1. The van der Waals surface area contributed by atoms with E-state index < -0.39 is 5.82 Å². The third-order valence-corrected chi connectivity index (χ3v) is 4.88. The first-order chi connectivity index (χ1) is 15.5. The maximum absolute atomic E-state index is 14.5. The van der Waals surface area contributed by atoms with Crippen molar-refractivity contribution in [1.29, 1.82) is 0 Å². The Morgan fingerprint density at radius 1 is 1.19 bits per heavy atom. The molecule has 1 aromatic carbocycles. The van der Waals surface area contributed by atoms with Crippen molar-refractivity contribution in [2.45, 2.75) is 26.4 Å². The SMILES string of the molecule is COc1cc(-c2ncc(F)c(NC(C3=NNNN3)C(C)C)n2)nn1Cc1ccccc1F. The molecule has 0 saturated carbocycles. The van der Waals surface area contributed by atoms with Crippen molar-refractivity contribution in [1.82, 2.24) is 36.2 Å². The number of nitrogens with zero attached hydrogens (tertiary/aromatic N) is 5. The molecule has 0 amide bonds. The van der Waals surface area contributed by atoms with E-state index in [4.69, 9.17) is 4.74 Å². The van der Waals surface area contributed by atoms with E-state index in [0.29, 0.717) is 23.0 Å². The van der Waals surface area contributed by atoms with Gasteiger partial charge in [-0.25, -0.2) is 29.0 Å². The van der Waals surface area contributed by atoms with Gasteiger partial charge in [0.2, 0.25) is 5.88 Å². The van der Waals surface area contributed by atoms with Gasteiger partial charge in [0.25, 0.3) is 0 Å². The molecule has 4 rings (SSSR count). The van der Waals surface area contributed by atoms with E-state index in [0.717, 1.165) is 6.20 Å². The van der Waals surface area contributed by atoms with Crippen LogP contribution in [0.25, 0.3) is 11.5 Å². The van der Waals surface area contributed by atoms with Crippen molar-refractivity contribution in [3.8, 4) is 17.4 Å². The minimum atomic E-state index is -0.614. The maximum atomic E-state index is 14.5. The Balaban J connectivity index is 1.63. The van der Waals surface area contributed by atoms with Gasteiger partial charge in [-0.2, -0.15) is 5.10 Å². The average molecular weight is 443 g/mol. The molecule has 4 N–H and O–H groups in total. The maximum Gasteiger partial charge on any atom is 0.212 e. The molecule has 10 nitrogen and oxygen atoms in total. The number of benzene rings is 1. The van der Waals surface area contributed by atoms with E-state index in [1.54, 1.807) is 24.3 Å². The molecule has 1 aliphatic heterocycles. The number of hydrazine groups is 2. The van der Waals surface area contributed by atoms with Crippen LogP contribution in [0.3, 0.4) is 0 Å². The lowest BCUT2D eigenvalue weighted by molar-refractivity contribution is 0.365. The Hall–Kier alpha value is -3.80. The third-order valence-electron chi connectivity index (χ3n) is 4.88. The van der Waals surface area contributed by atoms with Crippen molar-refractivity contribution in [3.05, 3.63) is 53.7 Å². The number of nitrogens with one attached hydrogen (secondary N) is 4. The molecule has 3 aromatic rings. The molecule has 0 radical (unpaired) electrons. The lowest BCUT2D eigenvalue weighted by Gasteiger charge is -2.22. The molecule has 12 heteroatoms. The van der Waals surface area contributed by atoms with Crippen LogP contribution in [-0.4, -0.2) is 38.7 Å². The molecule has 32 heavy (non-hydrogen) atoms. The highest BCUT2D eigenvalue weighted by atomic mass is 19.1. The van der Waals surface area contributed by atoms with Gasteiger partial charge in [0.05, 0.1) is 25.9 Å². The van der Waals surface area contributed by atoms with E-state index in [2.05, 4.69) is 42.0 Å². The first-order valence-electron chi connectivity index (χ1n) is 9.94. The van der Waals surface area contributed by atoms with E-state index >= 15 is 0 Å². The predicted octanol–water partition coefficient (Wildman–Crippen LogP) is 2.04. The number of hydrazone groups is 1. The zero-order valence-electron chi connectivity index (χ0n) is 17.7. The number of aromatic nitrogens is 4. The Bertz CT molecular complexity index is 1130. The van der Waals surface area contributed by atoms with Gasteiger partial charge in [-0.05, 0) is 12.0 Å². The summed E-state index contributed by atoms with van der Waals surface area (Å²) in [5.41, 5.74) is 8.94. The lowest BCUT2D eigenvalue weighted by atomic mass is 10.0. The molecular formula is C20H23F2N9O. The zero-order chi connectivity index (χ0) is 22.7. The molecule has 168 valence electrons. The molecular weight excluding hydrogens is 420 g/mol. The minimum Gasteiger partial charge on any atom is -0.481 e. The van der Waals surface area contributed by atoms with Crippen LogP contribution in [0.15, 0.2) is 41.6 Å². The number of anilines is 1. The number of rotatable bonds is 8. The van der Waals surface area contributed by atoms with Gasteiger partial charge >= 0.3 is 0 Å². The molecule has 0 aliphatic carbocycles. The molecule has 0 saturated heterocycles. The highest BCUT2D eigenvalue weighted by Crippen LogP contribution is 2.24. The molecule has 0 bridgehead atoms. The highest BCUT2D eigenvalue weighted by molar-refractivity contribution is 5.90. The fourth-order valence-corrected chi connectivity index (χ4v) is 3.22. The largest absolute Gasteiger partial charge is 0.481 e. The monoisotopic (exact) mass is 443 g/mol. The molecule has 0 fully saturated rings. The lowest BCUT2D eigenvalue weighted by Crippen LogP contribution is -2.45. The summed E-state index contributed by atoms with van der Waals surface area (Å²) in [6, 6.07) is 7.69. The molecule has 1 aliphatic rings. The summed E-state index contributed by atoms with van der Waals surface area (Å²) in [4.78, 5) is 8.39. The van der Waals surface area contributed by atoms with E-state index in [-0.39, 0.29) is 36.0 Å². The standard InChI is InChI=1S/C20H23F2N9O/c1-11(2)17(20-26-29-30-27-20)24-18-14(22)9-23-19(25-18)15-8-16(32-3)31(28-15)10-12-6-4-5-7-13(12)21/h4-9,11,17,29-30H,10H2,1-3H3,(H,26,27)(H,23,24,25). The van der Waals surface area contributed by atoms with Crippen molar-refractivity contribution in [2.75, 3.05) is 12.4 Å². The van der Waals surface area contributed by atoms with Gasteiger partial charge < -0.3 is 10.1 Å². The van der Waals surface area contributed by atoms with Crippen LogP contribution >= 0.6 is 0 Å². The summed E-state index contributed by atoms with van der Waals surface area (Å²) < 4.78 is 35.5. The second-order valence-corrected chi connectivity index (χ2v) is 7.44. The van der Waals surface area contributed by atoms with Crippen LogP contribution < -0.4 is 26.5 Å². The van der Waals surface area contributed by atoms with Crippen LogP contribution in [0.5, 0.6) is 5.88 Å². The van der Waals surface area contributed by atoms with Crippen molar-refractivity contribution < 1.29 is 13.5 Å². The molecule has 2 aromatic heterocycles. The number of hydrogen-bond donors (Lipinski definition) is 4. The van der Waals surface area contributed by atoms with Gasteiger partial charge in [-0.1, -0.05) is 32.0 Å². The van der Waals surface area contributed by atoms with Crippen LogP contribution in [0.1, 0.15) is 19.4 Å². The summed E-state index contributed by atoms with van der Waals surface area (Å²) in [6.07, 6.45) is 1.07. The highest BCUT2D eigenvalue weighted by Gasteiger charge is 2.25. The topological polar surface area (TPSA) is 113 Å². The summed E-state index contributed by atoms with van der Waals surface area (Å²) in [5.74, 6) is 0.274. The molecule has 0 spiro atoms. The van der Waals surface area contributed by atoms with Crippen molar-refractivity contribution in [2.24, 2.45) is 11.0 Å². The van der Waals surface area contributed by atoms with Gasteiger partial charge in [0, 0.05) is 11.6 Å². The van der Waals surface area contributed by atoms with Crippen LogP contribution in [0.2, 0.25) is 0 Å². The molecule has 3 heterocycles. The predicted molar refractivity (Wildman–Crippen MR) is 114 cm³/mol. The zero-order valence-corrected chi connectivity index (χ0v) is 17.7. The third kappa shape index (κ3) is 4.44. The first-order valence-corrected chi connectivity index (χ1v) is 9.94. The average Bonchev–Trinajstić information content (AvgIpc) is 3.44. The van der Waals surface area contributed by atoms with E-state index in [9.17, 15) is 8.78 Å². The number of ether oxygens (including phenoxy) is 1. The summed E-state index contributed by atoms with van der Waals surface area (Å²) in [7, 11) is 1.49. The second kappa shape index (κ2) is 9.14. The van der Waals surface area contributed by atoms with Crippen LogP contribution in [-0.2, 0) is 6.54 Å². The van der Waals surface area contributed by atoms with Gasteiger partial charge in [0.15, 0.2) is 23.3 Å². The fourth-order valence-electron chi connectivity index (χ4n) is 3.22. The quantitative estimate of drug-likeness (QED) is 0.418. The Kier molecular flexibility index (Phi) is 6.12. The Labute approximate surface area is 183 Å². The Morgan fingerprint density at radius 2 is 2.00 bits per heavy atom. The van der Waals surface area contributed by atoms with Crippen molar-refractivity contribution in [3.63, 3.8) is 0 Å². The van der Waals surface area contributed by atoms with E-state index in [1.165, 1.54) is 17.9 Å².